The van der Waals surface area contributed by atoms with Crippen LogP contribution in [0.4, 0.5) is 5.95 Å². The maximum atomic E-state index is 5.64. The molecule has 106 valence electrons. The predicted molar refractivity (Wildman–Crippen MR) is 81.9 cm³/mol. The molecule has 1 saturated heterocycles. The van der Waals surface area contributed by atoms with Gasteiger partial charge in [0.05, 0.1) is 5.52 Å². The second-order valence-corrected chi connectivity index (χ2v) is 5.20. The van der Waals surface area contributed by atoms with Gasteiger partial charge in [0.2, 0.25) is 5.95 Å². The number of benzene rings is 1. The summed E-state index contributed by atoms with van der Waals surface area (Å²) in [6, 6.07) is 8.12. The van der Waals surface area contributed by atoms with Crippen LogP contribution in [0.5, 0.6) is 0 Å². The molecular weight excluding hydrogens is 250 g/mol. The van der Waals surface area contributed by atoms with Crippen LogP contribution in [0.2, 0.25) is 0 Å². The van der Waals surface area contributed by atoms with Gasteiger partial charge in [-0.3, -0.25) is 0 Å². The Kier molecular flexibility index (Phi) is 4.08. The van der Waals surface area contributed by atoms with E-state index in [1.165, 1.54) is 0 Å². The van der Waals surface area contributed by atoms with Gasteiger partial charge in [-0.2, -0.15) is 0 Å². The minimum Gasteiger partial charge on any atom is -0.339 e. The largest absolute Gasteiger partial charge is 0.339 e. The lowest BCUT2D eigenvalue weighted by atomic mass is 10.2. The van der Waals surface area contributed by atoms with Gasteiger partial charge in [-0.25, -0.2) is 9.97 Å². The van der Waals surface area contributed by atoms with Gasteiger partial charge in [0.25, 0.3) is 0 Å². The van der Waals surface area contributed by atoms with Crippen LogP contribution in [0, 0.1) is 0 Å². The van der Waals surface area contributed by atoms with Gasteiger partial charge in [-0.15, -0.1) is 0 Å². The molecule has 0 bridgehead atoms. The normalized spacial score (nSPS) is 17.4. The quantitative estimate of drug-likeness (QED) is 0.906. The van der Waals surface area contributed by atoms with Crippen LogP contribution < -0.4 is 10.6 Å². The van der Waals surface area contributed by atoms with Crippen LogP contribution in [0.1, 0.15) is 6.42 Å². The van der Waals surface area contributed by atoms with Crippen LogP contribution in [0.15, 0.2) is 30.5 Å². The van der Waals surface area contributed by atoms with Crippen molar-refractivity contribution in [1.82, 2.24) is 14.9 Å². The highest BCUT2D eigenvalue weighted by Gasteiger charge is 2.16. The Morgan fingerprint density at radius 2 is 2.00 bits per heavy atom. The number of hydrogen-bond donors (Lipinski definition) is 1. The fraction of sp³-hybridized carbons (Fsp3) is 0.467. The Bertz CT molecular complexity index is 571. The summed E-state index contributed by atoms with van der Waals surface area (Å²) < 4.78 is 0. The summed E-state index contributed by atoms with van der Waals surface area (Å²) in [5.41, 5.74) is 6.65. The van der Waals surface area contributed by atoms with E-state index < -0.39 is 0 Å². The molecular formula is C15H21N5. The summed E-state index contributed by atoms with van der Waals surface area (Å²) in [7, 11) is 0. The highest BCUT2D eigenvalue weighted by Crippen LogP contribution is 2.16. The van der Waals surface area contributed by atoms with Gasteiger partial charge in [-0.1, -0.05) is 18.2 Å². The van der Waals surface area contributed by atoms with Gasteiger partial charge in [0, 0.05) is 44.3 Å². The first-order valence-electron chi connectivity index (χ1n) is 7.26. The van der Waals surface area contributed by atoms with E-state index in [1.54, 1.807) is 0 Å². The van der Waals surface area contributed by atoms with Crippen molar-refractivity contribution in [1.29, 1.82) is 0 Å². The number of aromatic nitrogens is 2. The summed E-state index contributed by atoms with van der Waals surface area (Å²) in [6.07, 6.45) is 3.05. The molecule has 0 aliphatic carbocycles. The molecule has 1 aromatic heterocycles. The third kappa shape index (κ3) is 2.89. The molecule has 20 heavy (non-hydrogen) atoms. The predicted octanol–water partition coefficient (Wildman–Crippen LogP) is 1.10. The highest BCUT2D eigenvalue weighted by molar-refractivity contribution is 5.78. The van der Waals surface area contributed by atoms with Gasteiger partial charge >= 0.3 is 0 Å². The van der Waals surface area contributed by atoms with Crippen molar-refractivity contribution in [2.45, 2.75) is 6.42 Å². The van der Waals surface area contributed by atoms with E-state index in [0.29, 0.717) is 0 Å². The zero-order valence-corrected chi connectivity index (χ0v) is 11.7. The number of anilines is 1. The minimum atomic E-state index is 0.729. The monoisotopic (exact) mass is 271 g/mol. The number of fused-ring (bicyclic) bond motifs is 1. The first-order chi connectivity index (χ1) is 9.86. The van der Waals surface area contributed by atoms with Crippen molar-refractivity contribution in [2.75, 3.05) is 44.2 Å². The molecule has 0 saturated carbocycles. The Labute approximate surface area is 119 Å². The standard InChI is InChI=1S/C15H21N5/c16-6-9-19-7-3-8-20(11-10-19)15-17-12-13-4-1-2-5-14(13)18-15/h1-2,4-5,12H,3,6-11,16H2. The topological polar surface area (TPSA) is 58.3 Å². The molecule has 2 aromatic rings. The Morgan fingerprint density at radius 3 is 2.90 bits per heavy atom. The van der Waals surface area contributed by atoms with Crippen LogP contribution >= 0.6 is 0 Å². The van der Waals surface area contributed by atoms with Gasteiger partial charge < -0.3 is 15.5 Å². The van der Waals surface area contributed by atoms with Crippen molar-refractivity contribution in [3.63, 3.8) is 0 Å². The van der Waals surface area contributed by atoms with E-state index in [4.69, 9.17) is 5.73 Å². The molecule has 1 fully saturated rings. The van der Waals surface area contributed by atoms with Gasteiger partial charge in [0.15, 0.2) is 0 Å². The molecule has 0 unspecified atom stereocenters. The lowest BCUT2D eigenvalue weighted by Gasteiger charge is -2.21. The lowest BCUT2D eigenvalue weighted by Crippen LogP contribution is -2.34. The first-order valence-corrected chi connectivity index (χ1v) is 7.26. The smallest absolute Gasteiger partial charge is 0.225 e. The van der Waals surface area contributed by atoms with Crippen molar-refractivity contribution in [3.05, 3.63) is 30.5 Å². The first kappa shape index (κ1) is 13.3. The van der Waals surface area contributed by atoms with Crippen LogP contribution in [0.3, 0.4) is 0 Å². The molecule has 1 aliphatic heterocycles. The molecule has 0 atom stereocenters. The average molecular weight is 271 g/mol. The van der Waals surface area contributed by atoms with Crippen LogP contribution in [0.25, 0.3) is 10.9 Å². The molecule has 0 spiro atoms. The average Bonchev–Trinajstić information content (AvgIpc) is 2.73. The van der Waals surface area contributed by atoms with E-state index in [1.807, 2.05) is 30.5 Å². The van der Waals surface area contributed by atoms with Gasteiger partial charge in [0.1, 0.15) is 0 Å². The van der Waals surface area contributed by atoms with Crippen LogP contribution in [-0.2, 0) is 0 Å². The SMILES string of the molecule is NCCN1CCCN(c2ncc3ccccc3n2)CC1. The second-order valence-electron chi connectivity index (χ2n) is 5.20. The second kappa shape index (κ2) is 6.15. The molecule has 2 heterocycles. The summed E-state index contributed by atoms with van der Waals surface area (Å²) in [5.74, 6) is 0.846. The van der Waals surface area contributed by atoms with Gasteiger partial charge in [-0.05, 0) is 19.0 Å². The minimum absolute atomic E-state index is 0.729. The summed E-state index contributed by atoms with van der Waals surface area (Å²) in [5, 5.41) is 1.09. The van der Waals surface area contributed by atoms with Crippen molar-refractivity contribution in [2.24, 2.45) is 5.73 Å². The van der Waals surface area contributed by atoms with Crippen molar-refractivity contribution in [3.8, 4) is 0 Å². The van der Waals surface area contributed by atoms with E-state index in [-0.39, 0.29) is 0 Å². The summed E-state index contributed by atoms with van der Waals surface area (Å²) >= 11 is 0. The molecule has 0 radical (unpaired) electrons. The molecule has 0 amide bonds. The van der Waals surface area contributed by atoms with E-state index >= 15 is 0 Å². The molecule has 5 heteroatoms. The fourth-order valence-electron chi connectivity index (χ4n) is 2.69. The summed E-state index contributed by atoms with van der Waals surface area (Å²) in [4.78, 5) is 13.9. The maximum absolute atomic E-state index is 5.64. The molecule has 1 aliphatic rings. The Balaban J connectivity index is 1.77. The maximum Gasteiger partial charge on any atom is 0.225 e. The molecule has 3 rings (SSSR count). The lowest BCUT2D eigenvalue weighted by molar-refractivity contribution is 0.302. The third-order valence-corrected chi connectivity index (χ3v) is 3.79. The van der Waals surface area contributed by atoms with Crippen molar-refractivity contribution >= 4 is 16.9 Å². The number of hydrogen-bond acceptors (Lipinski definition) is 5. The molecule has 5 nitrogen and oxygen atoms in total. The highest BCUT2D eigenvalue weighted by atomic mass is 15.3. The van der Waals surface area contributed by atoms with E-state index in [9.17, 15) is 0 Å². The molecule has 2 N–H and O–H groups in total. The molecule has 1 aromatic carbocycles. The van der Waals surface area contributed by atoms with Crippen LogP contribution in [-0.4, -0.2) is 54.1 Å². The number of nitrogens with two attached hydrogens (primary N) is 1. The number of rotatable bonds is 3. The fourth-order valence-corrected chi connectivity index (χ4v) is 2.69. The van der Waals surface area contributed by atoms with Crippen molar-refractivity contribution < 1.29 is 0 Å². The third-order valence-electron chi connectivity index (χ3n) is 3.79. The zero-order valence-electron chi connectivity index (χ0n) is 11.7. The number of nitrogens with zero attached hydrogens (tertiary/aromatic N) is 4. The van der Waals surface area contributed by atoms with E-state index in [2.05, 4.69) is 19.8 Å². The summed E-state index contributed by atoms with van der Waals surface area (Å²) in [6.45, 7) is 5.84. The number of para-hydroxylation sites is 1. The Hall–Kier alpha value is -1.72. The Morgan fingerprint density at radius 1 is 1.10 bits per heavy atom. The van der Waals surface area contributed by atoms with E-state index in [0.717, 1.165) is 62.5 Å². The zero-order chi connectivity index (χ0) is 13.8.